The Morgan fingerprint density at radius 2 is 0.375 bits per heavy atom. The third-order valence-electron chi connectivity index (χ3n) is 15.7. The molecule has 0 atom stereocenters. The van der Waals surface area contributed by atoms with Gasteiger partial charge in [-0.25, -0.2) is 4.79 Å². The van der Waals surface area contributed by atoms with Gasteiger partial charge in [-0.05, 0) is 90.0 Å². The molecule has 0 aromatic carbocycles. The first-order valence-corrected chi connectivity index (χ1v) is 66.2. The predicted octanol–water partition coefficient (Wildman–Crippen LogP) is 24.4. The van der Waals surface area contributed by atoms with Crippen LogP contribution in [-0.2, 0) is 155 Å². The van der Waals surface area contributed by atoms with Crippen LogP contribution in [0, 0.1) is 0 Å². The van der Waals surface area contributed by atoms with E-state index in [1.807, 2.05) is 249 Å². The van der Waals surface area contributed by atoms with E-state index < -0.39 is 77.4 Å². The minimum atomic E-state index is -2.51. The summed E-state index contributed by atoms with van der Waals surface area (Å²) < 4.78 is 156. The van der Waals surface area contributed by atoms with Gasteiger partial charge in [-0.2, -0.15) is 0 Å². The Morgan fingerprint density at radius 3 is 0.521 bits per heavy atom. The van der Waals surface area contributed by atoms with E-state index in [-0.39, 0.29) is 82.3 Å². The fourth-order valence-electron chi connectivity index (χ4n) is 8.74. The first-order chi connectivity index (χ1) is 69.6. The molecule has 0 saturated carbocycles. The van der Waals surface area contributed by atoms with Gasteiger partial charge < -0.3 is 124 Å². The van der Waals surface area contributed by atoms with Gasteiger partial charge in [0.05, 0.1) is 13.2 Å². The van der Waals surface area contributed by atoms with Crippen molar-refractivity contribution in [3.05, 3.63) is 12.7 Å². The maximum atomic E-state index is 11.8. The van der Waals surface area contributed by atoms with Crippen LogP contribution in [0.5, 0.6) is 0 Å². The zero-order valence-corrected chi connectivity index (χ0v) is 112. The van der Waals surface area contributed by atoms with Crippen LogP contribution < -0.4 is 5.73 Å². The zero-order chi connectivity index (χ0) is 120. The zero-order valence-electron chi connectivity index (χ0n) is 104. The molecule has 0 radical (unpaired) electrons. The van der Waals surface area contributed by atoms with E-state index >= 15 is 0 Å². The molecule has 4 N–H and O–H groups in total. The van der Waals surface area contributed by atoms with Crippen LogP contribution in [0.25, 0.3) is 0 Å². The van der Waals surface area contributed by atoms with Gasteiger partial charge in [-0.15, -0.1) is 0 Å². The lowest BCUT2D eigenvalue weighted by Crippen LogP contribution is -2.42. The summed E-state index contributed by atoms with van der Waals surface area (Å²) in [6.07, 6.45) is 15.8. The van der Waals surface area contributed by atoms with E-state index in [4.69, 9.17) is 137 Å². The van der Waals surface area contributed by atoms with Crippen molar-refractivity contribution in [1.29, 1.82) is 0 Å². The maximum absolute atomic E-state index is 11.8. The Labute approximate surface area is 899 Å². The first kappa shape index (κ1) is 205. The second-order valence-corrected chi connectivity index (χ2v) is 42.0. The summed E-state index contributed by atoms with van der Waals surface area (Å²) >= 11 is 0. The standard InChI is InChI=1S/C24H46O10Si.C17H28O7.C6H17NO3Si.4C5H14O3Si.16C2H6.2O2Si/c1-29-35(30-2,31-3)21-13-5-4-8-14-23(27)33-19-20-34-24(28)16-10-7-12-18-32-22(26)15-9-6-11-17-25;1-2-15(19)23-13-14-24-17(21)10-6-4-8-12-22-16(20)9-5-3-7-11-18;1-8-11(9-2,10-3)6-4-5-7;4*1-5-9(6-2,7-3)8-4;16*1-2;2*1-3-2/h25H,4-21H2,1-3H3;2,18H,1,3-14H2;4-7H2,1-3H3;4*5H2,1-4H3;16*1-2H3;;. The van der Waals surface area contributed by atoms with Crippen molar-refractivity contribution in [1.82, 2.24) is 0 Å². The third-order valence-corrected chi connectivity index (χ3v) is 32.2. The van der Waals surface area contributed by atoms with Gasteiger partial charge in [0.15, 0.2) is 0 Å². The molecule has 0 amide bonds. The number of ether oxygens (including phenoxy) is 6. The second kappa shape index (κ2) is 204. The number of aliphatic hydroxyl groups excluding tert-OH is 2. The number of esters is 6. The van der Waals surface area contributed by atoms with Gasteiger partial charge >= 0.3 is 107 Å². The van der Waals surface area contributed by atoms with Crippen molar-refractivity contribution in [3.63, 3.8) is 0 Å². The Balaban J connectivity index is -0.0000000495. The average Bonchev–Trinajstić information content (AvgIpc) is 0.512. The SMILES string of the molecule is C=CC(=O)OCCOC(=O)CCCCCOC(=O)CCCCCO.CC.CC.CC.CC.CC.CC.CC.CC.CC.CC.CC.CC.CC.CC.CC.CC.CC[Si](OC)(OC)OC.CC[Si](OC)(OC)OC.CC[Si](OC)(OC)OC.CC[Si](OC)(OC)OC.CO[Si](CCCCCCC(=O)OCCOC(=O)CCCCCOC(=O)CCCCCO)(OC)OC.CO[Si](CCCN)(OC)OC.O=[Si]=O.O=[Si]=O. The summed E-state index contributed by atoms with van der Waals surface area (Å²) in [5.41, 5.74) is 5.36. The highest BCUT2D eigenvalue weighted by atomic mass is 28.4. The lowest BCUT2D eigenvalue weighted by Gasteiger charge is -2.24. The summed E-state index contributed by atoms with van der Waals surface area (Å²) in [5, 5.41) is 17.3. The average molecular weight is 2250 g/mol. The Hall–Kier alpha value is -3.34. The molecule has 0 aliphatic carbocycles. The van der Waals surface area contributed by atoms with Crippen LogP contribution in [0.1, 0.15) is 391 Å². The first-order valence-electron chi connectivity index (χ1n) is 53.0. The van der Waals surface area contributed by atoms with Gasteiger partial charge in [0.25, 0.3) is 0 Å². The Bertz CT molecular complexity index is 2040. The highest BCUT2D eigenvalue weighted by molar-refractivity contribution is 6.62. The molecule has 45 heteroatoms. The molecule has 892 valence electrons. The molecular formula is C99H243NO36Si8. The summed E-state index contributed by atoms with van der Waals surface area (Å²) in [5.74, 6) is -1.95. The molecule has 0 aliphatic rings. The second-order valence-electron chi connectivity index (χ2n) is 22.3. The molecule has 144 heavy (non-hydrogen) atoms. The van der Waals surface area contributed by atoms with Crippen molar-refractivity contribution in [3.8, 4) is 0 Å². The molecule has 0 heterocycles. The lowest BCUT2D eigenvalue weighted by molar-refractivity contribution is -0.152. The number of unbranched alkanes of at least 4 members (excludes halogenated alkanes) is 11. The minimum Gasteiger partial charge on any atom is -0.466 e. The summed E-state index contributed by atoms with van der Waals surface area (Å²) in [6.45, 7) is 77.0. The largest absolute Gasteiger partial charge is 0.549 e. The highest BCUT2D eigenvalue weighted by Gasteiger charge is 2.39. The number of rotatable bonds is 61. The van der Waals surface area contributed by atoms with Gasteiger partial charge in [0.2, 0.25) is 0 Å². The van der Waals surface area contributed by atoms with Crippen molar-refractivity contribution in [2.75, 3.05) is 187 Å². The minimum absolute atomic E-state index is 0.0187. The van der Waals surface area contributed by atoms with Crippen molar-refractivity contribution in [2.24, 2.45) is 5.73 Å². The van der Waals surface area contributed by atoms with Crippen LogP contribution in [0.15, 0.2) is 12.7 Å². The van der Waals surface area contributed by atoms with E-state index in [2.05, 4.69) is 11.3 Å². The van der Waals surface area contributed by atoms with Gasteiger partial charge in [0.1, 0.15) is 26.4 Å². The molecule has 0 aromatic rings. The molecule has 0 aliphatic heterocycles. The molecule has 0 fully saturated rings. The molecule has 37 nitrogen and oxygen atoms in total. The van der Waals surface area contributed by atoms with Crippen LogP contribution >= 0.6 is 0 Å². The summed E-state index contributed by atoms with van der Waals surface area (Å²) in [4.78, 5) is 68.5. The van der Waals surface area contributed by atoms with Crippen LogP contribution in [0.3, 0.4) is 0 Å². The van der Waals surface area contributed by atoms with Crippen molar-refractivity contribution in [2.45, 2.75) is 427 Å². The van der Waals surface area contributed by atoms with Gasteiger partial charge in [-0.3, -0.25) is 41.8 Å². The van der Waals surface area contributed by atoms with Crippen molar-refractivity contribution < 1.29 is 165 Å². The molecule has 0 unspecified atom stereocenters. The van der Waals surface area contributed by atoms with E-state index in [9.17, 15) is 28.8 Å². The van der Waals surface area contributed by atoms with E-state index in [0.717, 1.165) is 113 Å². The normalized spacial score (nSPS) is 9.12. The highest BCUT2D eigenvalue weighted by Crippen LogP contribution is 2.20. The van der Waals surface area contributed by atoms with Crippen LogP contribution in [0.2, 0.25) is 36.3 Å². The fraction of sp³-hybridized carbons (Fsp3) is 0.919. The molecule has 0 spiro atoms. The Morgan fingerprint density at radius 1 is 0.229 bits per heavy atom. The van der Waals surface area contributed by atoms with Crippen molar-refractivity contribution >= 4 is 107 Å². The van der Waals surface area contributed by atoms with Crippen LogP contribution in [0.4, 0.5) is 0 Å². The third kappa shape index (κ3) is 172. The smallest absolute Gasteiger partial charge is 0.466 e. The van der Waals surface area contributed by atoms with Gasteiger partial charge in [0, 0.05) is 216 Å². The number of hydrogen-bond acceptors (Lipinski definition) is 37. The molecule has 0 bridgehead atoms. The quantitative estimate of drug-likeness (QED) is 0.0167. The number of carbonyl (C=O) groups excluding carboxylic acids is 6. The monoisotopic (exact) mass is 2250 g/mol. The van der Waals surface area contributed by atoms with Crippen LogP contribution in [-0.4, -0.2) is 305 Å². The number of nitrogens with two attached hydrogens (primary N) is 1. The summed E-state index contributed by atoms with van der Waals surface area (Å²) in [6, 6.07) is 4.79. The predicted molar refractivity (Wildman–Crippen MR) is 609 cm³/mol. The van der Waals surface area contributed by atoms with E-state index in [1.54, 1.807) is 128 Å². The lowest BCUT2D eigenvalue weighted by atomic mass is 10.1. The molecule has 0 rings (SSSR count). The fourth-order valence-corrected chi connectivity index (χ4v) is 17.7. The number of carbonyl (C=O) groups is 6. The summed E-state index contributed by atoms with van der Waals surface area (Å²) in [7, 11) is 12.5. The Kier molecular flexibility index (Phi) is 291. The molecular weight excluding hydrogens is 2000 g/mol. The topological polar surface area (TPSA) is 459 Å². The molecule has 0 aromatic heterocycles. The maximum Gasteiger partial charge on any atom is 0.549 e. The van der Waals surface area contributed by atoms with E-state index in [1.165, 1.54) is 0 Å². The number of hydrogen-bond donors (Lipinski definition) is 3. The van der Waals surface area contributed by atoms with E-state index in [0.29, 0.717) is 77.5 Å². The van der Waals surface area contributed by atoms with Gasteiger partial charge in [-0.1, -0.05) is 282 Å². The number of aliphatic hydroxyl groups is 2. The molecule has 0 saturated heterocycles.